The Morgan fingerprint density at radius 1 is 1.07 bits per heavy atom. The van der Waals surface area contributed by atoms with Crippen LogP contribution in [0.3, 0.4) is 0 Å². The smallest absolute Gasteiger partial charge is 0.227 e. The fraction of sp³-hybridized carbons (Fsp3) is 0.619. The molecule has 2 amide bonds. The maximum absolute atomic E-state index is 12.7. The van der Waals surface area contributed by atoms with Gasteiger partial charge in [0, 0.05) is 25.1 Å². The average Bonchev–Trinajstić information content (AvgIpc) is 3.04. The van der Waals surface area contributed by atoms with E-state index in [4.69, 9.17) is 9.47 Å². The molecule has 6 heteroatoms. The van der Waals surface area contributed by atoms with E-state index in [0.717, 1.165) is 12.8 Å². The van der Waals surface area contributed by atoms with Crippen molar-refractivity contribution in [1.82, 2.24) is 5.32 Å². The topological polar surface area (TPSA) is 67.9 Å². The summed E-state index contributed by atoms with van der Waals surface area (Å²) in [4.78, 5) is 27.0. The third kappa shape index (κ3) is 4.73. The SMILES string of the molecule is COc1ccc(N2CC(C(=O)NC3CCCCCCC3)CC2=O)c(OC)c1. The molecule has 3 rings (SSSR count). The number of nitrogens with zero attached hydrogens (tertiary/aromatic N) is 1. The molecule has 1 aromatic carbocycles. The van der Waals surface area contributed by atoms with E-state index in [-0.39, 0.29) is 30.2 Å². The number of anilines is 1. The molecule has 1 aromatic rings. The second-order valence-electron chi connectivity index (χ2n) is 7.49. The highest BCUT2D eigenvalue weighted by Gasteiger charge is 2.37. The van der Waals surface area contributed by atoms with Crippen LogP contribution < -0.4 is 19.7 Å². The lowest BCUT2D eigenvalue weighted by atomic mass is 9.96. The van der Waals surface area contributed by atoms with Crippen LogP contribution in [0.2, 0.25) is 0 Å². The van der Waals surface area contributed by atoms with Gasteiger partial charge in [0.25, 0.3) is 0 Å². The third-order valence-corrected chi connectivity index (χ3v) is 5.63. The number of carbonyl (C=O) groups excluding carboxylic acids is 2. The second kappa shape index (κ2) is 9.11. The Balaban J connectivity index is 1.65. The van der Waals surface area contributed by atoms with Crippen LogP contribution in [0.5, 0.6) is 11.5 Å². The molecule has 2 aliphatic rings. The summed E-state index contributed by atoms with van der Waals surface area (Å²) < 4.78 is 10.6. The van der Waals surface area contributed by atoms with Crippen molar-refractivity contribution in [2.24, 2.45) is 5.92 Å². The van der Waals surface area contributed by atoms with E-state index in [1.54, 1.807) is 31.3 Å². The number of ether oxygens (including phenoxy) is 2. The van der Waals surface area contributed by atoms with Gasteiger partial charge in [0.2, 0.25) is 11.8 Å². The van der Waals surface area contributed by atoms with Gasteiger partial charge in [-0.05, 0) is 25.0 Å². The van der Waals surface area contributed by atoms with E-state index < -0.39 is 0 Å². The molecule has 0 aromatic heterocycles. The largest absolute Gasteiger partial charge is 0.497 e. The minimum atomic E-state index is -0.310. The van der Waals surface area contributed by atoms with Crippen LogP contribution in [-0.2, 0) is 9.59 Å². The number of rotatable bonds is 5. The molecule has 1 unspecified atom stereocenters. The van der Waals surface area contributed by atoms with Crippen molar-refractivity contribution in [1.29, 1.82) is 0 Å². The number of hydrogen-bond acceptors (Lipinski definition) is 4. The van der Waals surface area contributed by atoms with Crippen molar-refractivity contribution in [3.63, 3.8) is 0 Å². The predicted molar refractivity (Wildman–Crippen MR) is 104 cm³/mol. The Hall–Kier alpha value is -2.24. The van der Waals surface area contributed by atoms with E-state index in [9.17, 15) is 9.59 Å². The zero-order valence-electron chi connectivity index (χ0n) is 16.3. The Kier molecular flexibility index (Phi) is 6.58. The molecule has 2 fully saturated rings. The minimum absolute atomic E-state index is 0.00361. The molecule has 1 aliphatic heterocycles. The average molecular weight is 374 g/mol. The molecule has 0 bridgehead atoms. The van der Waals surface area contributed by atoms with Gasteiger partial charge in [-0.1, -0.05) is 32.1 Å². The zero-order chi connectivity index (χ0) is 19.2. The highest BCUT2D eigenvalue weighted by Crippen LogP contribution is 2.35. The summed E-state index contributed by atoms with van der Waals surface area (Å²) in [6.07, 6.45) is 8.47. The number of carbonyl (C=O) groups is 2. The number of amides is 2. The van der Waals surface area contributed by atoms with Crippen molar-refractivity contribution < 1.29 is 19.1 Å². The van der Waals surface area contributed by atoms with Gasteiger partial charge in [-0.3, -0.25) is 9.59 Å². The fourth-order valence-corrected chi connectivity index (χ4v) is 4.04. The van der Waals surface area contributed by atoms with Crippen LogP contribution in [0.15, 0.2) is 18.2 Å². The molecule has 1 aliphatic carbocycles. The van der Waals surface area contributed by atoms with E-state index in [1.165, 1.54) is 32.1 Å². The quantitative estimate of drug-likeness (QED) is 0.859. The summed E-state index contributed by atoms with van der Waals surface area (Å²) in [6, 6.07) is 5.61. The Morgan fingerprint density at radius 3 is 2.44 bits per heavy atom. The lowest BCUT2D eigenvalue weighted by molar-refractivity contribution is -0.127. The van der Waals surface area contributed by atoms with Crippen LogP contribution >= 0.6 is 0 Å². The molecule has 1 saturated heterocycles. The van der Waals surface area contributed by atoms with Gasteiger partial charge in [-0.25, -0.2) is 0 Å². The number of hydrogen-bond donors (Lipinski definition) is 1. The summed E-state index contributed by atoms with van der Waals surface area (Å²) >= 11 is 0. The Labute approximate surface area is 161 Å². The molecular formula is C21H30N2O4. The highest BCUT2D eigenvalue weighted by atomic mass is 16.5. The van der Waals surface area contributed by atoms with Gasteiger partial charge in [0.15, 0.2) is 0 Å². The Bertz CT molecular complexity index is 668. The number of methoxy groups -OCH3 is 2. The fourth-order valence-electron chi connectivity index (χ4n) is 4.04. The molecule has 1 atom stereocenters. The van der Waals surface area contributed by atoms with Crippen molar-refractivity contribution >= 4 is 17.5 Å². The summed E-state index contributed by atoms with van der Waals surface area (Å²) in [7, 11) is 3.16. The second-order valence-corrected chi connectivity index (χ2v) is 7.49. The van der Waals surface area contributed by atoms with E-state index in [1.807, 2.05) is 6.07 Å². The monoisotopic (exact) mass is 374 g/mol. The standard InChI is InChI=1S/C21H30N2O4/c1-26-17-10-11-18(19(13-17)27-2)23-14-15(12-20(23)24)21(25)22-16-8-6-4-3-5-7-9-16/h10-11,13,15-16H,3-9,12,14H2,1-2H3,(H,22,25). The number of nitrogens with one attached hydrogen (secondary N) is 1. The van der Waals surface area contributed by atoms with Crippen molar-refractivity contribution in [3.8, 4) is 11.5 Å². The molecule has 0 radical (unpaired) electrons. The maximum atomic E-state index is 12.7. The van der Waals surface area contributed by atoms with Crippen molar-refractivity contribution in [3.05, 3.63) is 18.2 Å². The first-order chi connectivity index (χ1) is 13.1. The van der Waals surface area contributed by atoms with Gasteiger partial charge >= 0.3 is 0 Å². The van der Waals surface area contributed by atoms with Crippen LogP contribution in [0, 0.1) is 5.92 Å². The summed E-state index contributed by atoms with van der Waals surface area (Å²) in [5.74, 6) is 0.888. The van der Waals surface area contributed by atoms with Gasteiger partial charge in [0.1, 0.15) is 11.5 Å². The highest BCUT2D eigenvalue weighted by molar-refractivity contribution is 6.01. The van der Waals surface area contributed by atoms with E-state index in [0.29, 0.717) is 23.7 Å². The molecule has 0 spiro atoms. The number of benzene rings is 1. The summed E-state index contributed by atoms with van der Waals surface area (Å²) in [6.45, 7) is 0.389. The van der Waals surface area contributed by atoms with Crippen molar-refractivity contribution in [2.45, 2.75) is 57.4 Å². The third-order valence-electron chi connectivity index (χ3n) is 5.63. The molecule has 1 heterocycles. The summed E-state index contributed by atoms with van der Waals surface area (Å²) in [5.41, 5.74) is 0.685. The van der Waals surface area contributed by atoms with Crippen LogP contribution in [0.4, 0.5) is 5.69 Å². The van der Waals surface area contributed by atoms with Gasteiger partial charge in [-0.2, -0.15) is 0 Å². The minimum Gasteiger partial charge on any atom is -0.497 e. The van der Waals surface area contributed by atoms with E-state index in [2.05, 4.69) is 5.32 Å². The molecule has 6 nitrogen and oxygen atoms in total. The summed E-state index contributed by atoms with van der Waals surface area (Å²) in [5, 5.41) is 3.20. The molecule has 1 N–H and O–H groups in total. The van der Waals surface area contributed by atoms with Gasteiger partial charge < -0.3 is 19.7 Å². The molecule has 1 saturated carbocycles. The van der Waals surface area contributed by atoms with Gasteiger partial charge in [-0.15, -0.1) is 0 Å². The lowest BCUT2D eigenvalue weighted by Gasteiger charge is -2.23. The zero-order valence-corrected chi connectivity index (χ0v) is 16.3. The van der Waals surface area contributed by atoms with E-state index >= 15 is 0 Å². The Morgan fingerprint density at radius 2 is 1.78 bits per heavy atom. The lowest BCUT2D eigenvalue weighted by Crippen LogP contribution is -2.40. The first-order valence-corrected chi connectivity index (χ1v) is 9.95. The normalized spacial score (nSPS) is 21.5. The molecule has 27 heavy (non-hydrogen) atoms. The van der Waals surface area contributed by atoms with Crippen LogP contribution in [-0.4, -0.2) is 38.6 Å². The van der Waals surface area contributed by atoms with Crippen LogP contribution in [0.25, 0.3) is 0 Å². The molecule has 148 valence electrons. The van der Waals surface area contributed by atoms with Crippen LogP contribution in [0.1, 0.15) is 51.4 Å². The molecular weight excluding hydrogens is 344 g/mol. The maximum Gasteiger partial charge on any atom is 0.227 e. The first-order valence-electron chi connectivity index (χ1n) is 9.95. The van der Waals surface area contributed by atoms with Crippen molar-refractivity contribution in [2.75, 3.05) is 25.7 Å². The van der Waals surface area contributed by atoms with Gasteiger partial charge in [0.05, 0.1) is 25.8 Å². The predicted octanol–water partition coefficient (Wildman–Crippen LogP) is 3.29. The first kappa shape index (κ1) is 19.5.